The molecule has 2 aliphatic heterocycles. The van der Waals surface area contributed by atoms with Crippen LogP contribution in [-0.2, 0) is 4.79 Å². The number of hydrogen-bond donors (Lipinski definition) is 0. The first kappa shape index (κ1) is 18.8. The van der Waals surface area contributed by atoms with Gasteiger partial charge in [0, 0.05) is 64.1 Å². The van der Waals surface area contributed by atoms with Crippen molar-refractivity contribution < 1.29 is 4.79 Å². The van der Waals surface area contributed by atoms with Crippen LogP contribution in [0.4, 0.5) is 5.69 Å². The van der Waals surface area contributed by atoms with Gasteiger partial charge in [0.1, 0.15) is 0 Å². The van der Waals surface area contributed by atoms with Crippen LogP contribution in [0.5, 0.6) is 0 Å². The molecule has 0 aromatic heterocycles. The minimum Gasteiger partial charge on any atom is -0.369 e. The van der Waals surface area contributed by atoms with Crippen molar-refractivity contribution in [3.8, 4) is 0 Å². The van der Waals surface area contributed by atoms with Gasteiger partial charge in [-0.05, 0) is 38.3 Å². The second-order valence-electron chi connectivity index (χ2n) is 8.55. The van der Waals surface area contributed by atoms with Gasteiger partial charge in [0.25, 0.3) is 0 Å². The Kier molecular flexibility index (Phi) is 5.69. The largest absolute Gasteiger partial charge is 0.369 e. The third-order valence-corrected chi connectivity index (χ3v) is 6.68. The summed E-state index contributed by atoms with van der Waals surface area (Å²) >= 11 is 0. The number of nitrogens with zero attached hydrogens (tertiary/aromatic N) is 4. The highest BCUT2D eigenvalue weighted by Gasteiger charge is 2.30. The number of carbonyl (C=O) groups excluding carboxylic acids is 1. The molecule has 0 unspecified atom stereocenters. The van der Waals surface area contributed by atoms with E-state index >= 15 is 0 Å². The summed E-state index contributed by atoms with van der Waals surface area (Å²) in [5, 5.41) is 0. The zero-order valence-electron chi connectivity index (χ0n) is 17.0. The lowest BCUT2D eigenvalue weighted by Gasteiger charge is -2.43. The maximum absolute atomic E-state index is 12.7. The molecule has 2 heterocycles. The SMILES string of the molecule is Cc1ccc(N2CCN(CC(=O)N3CCN(C4CCC4)CC3)CC2)c(C)c1. The Hall–Kier alpha value is -1.59. The summed E-state index contributed by atoms with van der Waals surface area (Å²) < 4.78 is 0. The smallest absolute Gasteiger partial charge is 0.236 e. The Morgan fingerprint density at radius 2 is 1.67 bits per heavy atom. The summed E-state index contributed by atoms with van der Waals surface area (Å²) in [4.78, 5) is 22.2. The van der Waals surface area contributed by atoms with Crippen LogP contribution in [0.15, 0.2) is 18.2 Å². The summed E-state index contributed by atoms with van der Waals surface area (Å²) in [6, 6.07) is 7.50. The second-order valence-corrected chi connectivity index (χ2v) is 8.55. The maximum Gasteiger partial charge on any atom is 0.236 e. The zero-order chi connectivity index (χ0) is 18.8. The molecule has 148 valence electrons. The van der Waals surface area contributed by atoms with Gasteiger partial charge >= 0.3 is 0 Å². The van der Waals surface area contributed by atoms with Crippen LogP contribution in [-0.4, -0.2) is 85.6 Å². The van der Waals surface area contributed by atoms with Gasteiger partial charge in [-0.25, -0.2) is 0 Å². The molecule has 4 rings (SSSR count). The number of rotatable bonds is 4. The van der Waals surface area contributed by atoms with E-state index in [-0.39, 0.29) is 0 Å². The van der Waals surface area contributed by atoms with E-state index in [1.165, 1.54) is 36.1 Å². The van der Waals surface area contributed by atoms with E-state index in [0.717, 1.165) is 58.4 Å². The van der Waals surface area contributed by atoms with E-state index in [9.17, 15) is 4.79 Å². The van der Waals surface area contributed by atoms with Gasteiger partial charge < -0.3 is 9.80 Å². The Bertz CT molecular complexity index is 656. The van der Waals surface area contributed by atoms with Crippen molar-refractivity contribution in [2.75, 3.05) is 63.8 Å². The summed E-state index contributed by atoms with van der Waals surface area (Å²) in [7, 11) is 0. The minimum absolute atomic E-state index is 0.322. The highest BCUT2D eigenvalue weighted by Crippen LogP contribution is 2.26. The van der Waals surface area contributed by atoms with Crippen LogP contribution in [0.3, 0.4) is 0 Å². The number of hydrogen-bond acceptors (Lipinski definition) is 4. The Balaban J connectivity index is 1.22. The van der Waals surface area contributed by atoms with E-state index in [1.807, 2.05) is 0 Å². The molecule has 5 nitrogen and oxygen atoms in total. The number of amides is 1. The molecule has 0 radical (unpaired) electrons. The van der Waals surface area contributed by atoms with Crippen molar-refractivity contribution >= 4 is 11.6 Å². The molecule has 1 aromatic carbocycles. The normalized spacial score (nSPS) is 22.7. The molecular formula is C22H34N4O. The average Bonchev–Trinajstić information content (AvgIpc) is 2.62. The average molecular weight is 371 g/mol. The Morgan fingerprint density at radius 3 is 2.26 bits per heavy atom. The molecule has 1 aromatic rings. The van der Waals surface area contributed by atoms with Gasteiger partial charge in [0.05, 0.1) is 6.54 Å². The van der Waals surface area contributed by atoms with Crippen molar-refractivity contribution in [1.82, 2.24) is 14.7 Å². The van der Waals surface area contributed by atoms with Gasteiger partial charge in [-0.15, -0.1) is 0 Å². The molecule has 2 saturated heterocycles. The number of anilines is 1. The molecule has 0 N–H and O–H groups in total. The highest BCUT2D eigenvalue weighted by molar-refractivity contribution is 5.78. The van der Waals surface area contributed by atoms with Crippen molar-refractivity contribution in [1.29, 1.82) is 0 Å². The van der Waals surface area contributed by atoms with Crippen LogP contribution < -0.4 is 4.90 Å². The van der Waals surface area contributed by atoms with Crippen molar-refractivity contribution in [3.05, 3.63) is 29.3 Å². The van der Waals surface area contributed by atoms with E-state index < -0.39 is 0 Å². The Morgan fingerprint density at radius 1 is 0.963 bits per heavy atom. The van der Waals surface area contributed by atoms with Crippen LogP contribution in [0, 0.1) is 13.8 Å². The predicted octanol–water partition coefficient (Wildman–Crippen LogP) is 2.12. The first-order valence-electron chi connectivity index (χ1n) is 10.7. The molecular weight excluding hydrogens is 336 g/mol. The first-order chi connectivity index (χ1) is 13.1. The molecule has 3 aliphatic rings. The third kappa shape index (κ3) is 4.30. The fourth-order valence-corrected chi connectivity index (χ4v) is 4.69. The predicted molar refractivity (Wildman–Crippen MR) is 110 cm³/mol. The van der Waals surface area contributed by atoms with Gasteiger partial charge in [-0.1, -0.05) is 24.1 Å². The maximum atomic E-state index is 12.7. The van der Waals surface area contributed by atoms with E-state index in [0.29, 0.717) is 12.5 Å². The molecule has 27 heavy (non-hydrogen) atoms. The number of piperazine rings is 2. The van der Waals surface area contributed by atoms with Crippen LogP contribution >= 0.6 is 0 Å². The Labute approximate surface area is 163 Å². The number of benzene rings is 1. The number of aryl methyl sites for hydroxylation is 2. The lowest BCUT2D eigenvalue weighted by molar-refractivity contribution is -0.134. The van der Waals surface area contributed by atoms with E-state index in [2.05, 4.69) is 51.6 Å². The lowest BCUT2D eigenvalue weighted by atomic mass is 9.91. The molecule has 0 bridgehead atoms. The highest BCUT2D eigenvalue weighted by atomic mass is 16.2. The van der Waals surface area contributed by atoms with Gasteiger partial charge in [0.15, 0.2) is 0 Å². The summed E-state index contributed by atoms with van der Waals surface area (Å²) in [6.07, 6.45) is 4.11. The van der Waals surface area contributed by atoms with Gasteiger partial charge in [-0.3, -0.25) is 14.6 Å². The van der Waals surface area contributed by atoms with Gasteiger partial charge in [0.2, 0.25) is 5.91 Å². The zero-order valence-corrected chi connectivity index (χ0v) is 17.0. The fraction of sp³-hybridized carbons (Fsp3) is 0.682. The molecule has 1 saturated carbocycles. The van der Waals surface area contributed by atoms with Crippen molar-refractivity contribution in [2.24, 2.45) is 0 Å². The molecule has 5 heteroatoms. The molecule has 1 amide bonds. The van der Waals surface area contributed by atoms with Crippen LogP contribution in [0.25, 0.3) is 0 Å². The second kappa shape index (κ2) is 8.19. The standard InChI is InChI=1S/C22H34N4O/c1-18-6-7-21(19(2)16-18)25-10-8-23(9-11-25)17-22(27)26-14-12-24(13-15-26)20-4-3-5-20/h6-7,16,20H,3-5,8-15,17H2,1-2H3. The van der Waals surface area contributed by atoms with Gasteiger partial charge in [-0.2, -0.15) is 0 Å². The summed E-state index contributed by atoms with van der Waals surface area (Å²) in [6.45, 7) is 12.9. The summed E-state index contributed by atoms with van der Waals surface area (Å²) in [5.74, 6) is 0.322. The topological polar surface area (TPSA) is 30.0 Å². The molecule has 0 spiro atoms. The fourth-order valence-electron chi connectivity index (χ4n) is 4.69. The lowest BCUT2D eigenvalue weighted by Crippen LogP contribution is -2.56. The molecule has 3 fully saturated rings. The monoisotopic (exact) mass is 370 g/mol. The first-order valence-corrected chi connectivity index (χ1v) is 10.7. The quantitative estimate of drug-likeness (QED) is 0.812. The van der Waals surface area contributed by atoms with E-state index in [1.54, 1.807) is 0 Å². The van der Waals surface area contributed by atoms with Crippen LogP contribution in [0.1, 0.15) is 30.4 Å². The van der Waals surface area contributed by atoms with Crippen molar-refractivity contribution in [3.63, 3.8) is 0 Å². The molecule has 1 aliphatic carbocycles. The number of carbonyl (C=O) groups is 1. The third-order valence-electron chi connectivity index (χ3n) is 6.68. The molecule has 0 atom stereocenters. The van der Waals surface area contributed by atoms with Crippen molar-refractivity contribution in [2.45, 2.75) is 39.2 Å². The van der Waals surface area contributed by atoms with Crippen LogP contribution in [0.2, 0.25) is 0 Å². The summed E-state index contributed by atoms with van der Waals surface area (Å²) in [5.41, 5.74) is 4.01. The minimum atomic E-state index is 0.322. The van der Waals surface area contributed by atoms with E-state index in [4.69, 9.17) is 0 Å².